The lowest BCUT2D eigenvalue weighted by Gasteiger charge is -2.12. The number of aromatic amines is 1. The van der Waals surface area contributed by atoms with Gasteiger partial charge in [-0.2, -0.15) is 0 Å². The summed E-state index contributed by atoms with van der Waals surface area (Å²) in [6.07, 6.45) is 1.12. The number of H-pyrrole nitrogens is 1. The molecule has 0 amide bonds. The summed E-state index contributed by atoms with van der Waals surface area (Å²) < 4.78 is 37.1. The Balaban J connectivity index is 2.40. The van der Waals surface area contributed by atoms with Crippen LogP contribution >= 0.6 is 0 Å². The minimum absolute atomic E-state index is 0.0630. The maximum Gasteiger partial charge on any atom is 0.263 e. The molecule has 0 aliphatic carbocycles. The number of nitrogens with one attached hydrogen (secondary N) is 2. The van der Waals surface area contributed by atoms with E-state index >= 15 is 0 Å². The molecule has 0 aliphatic rings. The monoisotopic (exact) mass is 310 g/mol. The van der Waals surface area contributed by atoms with Gasteiger partial charge in [0.25, 0.3) is 10.0 Å². The molecule has 0 bridgehead atoms. The van der Waals surface area contributed by atoms with Gasteiger partial charge >= 0.3 is 0 Å². The molecular formula is C13H14N2O5S. The lowest BCUT2D eigenvalue weighted by atomic mass is 10.3. The maximum absolute atomic E-state index is 12.3. The molecule has 7 nitrogen and oxygen atoms in total. The molecule has 0 aliphatic heterocycles. The highest BCUT2D eigenvalue weighted by Crippen LogP contribution is 2.30. The van der Waals surface area contributed by atoms with Gasteiger partial charge in [-0.3, -0.25) is 9.52 Å². The summed E-state index contributed by atoms with van der Waals surface area (Å²) in [4.78, 5) is 13.2. The van der Waals surface area contributed by atoms with Gasteiger partial charge in [-0.25, -0.2) is 8.42 Å². The number of pyridine rings is 1. The Morgan fingerprint density at radius 1 is 1.10 bits per heavy atom. The van der Waals surface area contributed by atoms with Crippen LogP contribution < -0.4 is 19.8 Å². The predicted octanol–water partition coefficient (Wildman–Crippen LogP) is 1.19. The molecule has 2 N–H and O–H groups in total. The molecule has 112 valence electrons. The number of aromatic nitrogens is 1. The number of rotatable bonds is 5. The molecule has 1 heterocycles. The summed E-state index contributed by atoms with van der Waals surface area (Å²) >= 11 is 0. The number of hydrogen-bond donors (Lipinski definition) is 2. The normalized spacial score (nSPS) is 11.0. The van der Waals surface area contributed by atoms with Crippen molar-refractivity contribution in [3.63, 3.8) is 0 Å². The van der Waals surface area contributed by atoms with E-state index in [-0.39, 0.29) is 16.1 Å². The van der Waals surface area contributed by atoms with Gasteiger partial charge in [0.2, 0.25) is 5.56 Å². The van der Waals surface area contributed by atoms with E-state index in [0.717, 1.165) is 12.3 Å². The van der Waals surface area contributed by atoms with Crippen LogP contribution in [0.2, 0.25) is 0 Å². The average Bonchev–Trinajstić information content (AvgIpc) is 2.47. The molecule has 1 aromatic heterocycles. The van der Waals surface area contributed by atoms with Crippen molar-refractivity contribution in [1.29, 1.82) is 0 Å². The second kappa shape index (κ2) is 5.88. The molecule has 2 aromatic rings. The Hall–Kier alpha value is -2.48. The Morgan fingerprint density at radius 2 is 1.86 bits per heavy atom. The molecule has 0 saturated carbocycles. The van der Waals surface area contributed by atoms with Crippen molar-refractivity contribution in [3.8, 4) is 11.5 Å². The van der Waals surface area contributed by atoms with Crippen molar-refractivity contribution < 1.29 is 17.9 Å². The van der Waals surface area contributed by atoms with Gasteiger partial charge in [-0.05, 0) is 18.2 Å². The van der Waals surface area contributed by atoms with Crippen molar-refractivity contribution in [2.75, 3.05) is 18.9 Å². The standard InChI is InChI=1S/C13H14N2O5S/c1-19-9-3-5-12(20-2)11(7-9)15-21(17,18)10-4-6-13(16)14-8-10/h3-8,15H,1-2H3,(H,14,16). The van der Waals surface area contributed by atoms with Gasteiger partial charge in [0.1, 0.15) is 16.4 Å². The molecule has 0 saturated heterocycles. The van der Waals surface area contributed by atoms with Crippen LogP contribution in [0, 0.1) is 0 Å². The highest BCUT2D eigenvalue weighted by molar-refractivity contribution is 7.92. The summed E-state index contributed by atoms with van der Waals surface area (Å²) in [7, 11) is -0.939. The van der Waals surface area contributed by atoms with Crippen LogP contribution in [0.3, 0.4) is 0 Å². The third kappa shape index (κ3) is 3.34. The van der Waals surface area contributed by atoms with Crippen molar-refractivity contribution in [1.82, 2.24) is 4.98 Å². The topological polar surface area (TPSA) is 97.5 Å². The molecule has 1 aromatic carbocycles. The van der Waals surface area contributed by atoms with Gasteiger partial charge in [0.05, 0.1) is 19.9 Å². The minimum Gasteiger partial charge on any atom is -0.497 e. The van der Waals surface area contributed by atoms with Gasteiger partial charge in [-0.15, -0.1) is 0 Å². The van der Waals surface area contributed by atoms with Crippen molar-refractivity contribution >= 4 is 15.7 Å². The average molecular weight is 310 g/mol. The van der Waals surface area contributed by atoms with Gasteiger partial charge in [-0.1, -0.05) is 0 Å². The third-order valence-electron chi connectivity index (χ3n) is 2.72. The molecule has 0 fully saturated rings. The second-order valence-electron chi connectivity index (χ2n) is 4.06. The molecular weight excluding hydrogens is 296 g/mol. The molecule has 0 atom stereocenters. The Labute approximate surface area is 121 Å². The lowest BCUT2D eigenvalue weighted by molar-refractivity contribution is 0.405. The van der Waals surface area contributed by atoms with E-state index in [9.17, 15) is 13.2 Å². The highest BCUT2D eigenvalue weighted by Gasteiger charge is 2.17. The van der Waals surface area contributed by atoms with Crippen LogP contribution in [-0.2, 0) is 10.0 Å². The third-order valence-corrected chi connectivity index (χ3v) is 4.08. The number of ether oxygens (including phenoxy) is 2. The van der Waals surface area contributed by atoms with E-state index in [0.29, 0.717) is 11.5 Å². The van der Waals surface area contributed by atoms with Crippen molar-refractivity contribution in [3.05, 3.63) is 46.9 Å². The second-order valence-corrected chi connectivity index (χ2v) is 5.74. The number of anilines is 1. The Bertz CT molecular complexity index is 778. The van der Waals surface area contributed by atoms with Gasteiger partial charge in [0, 0.05) is 18.3 Å². The maximum atomic E-state index is 12.3. The zero-order valence-electron chi connectivity index (χ0n) is 11.4. The number of benzene rings is 1. The number of methoxy groups -OCH3 is 2. The van der Waals surface area contributed by atoms with E-state index in [1.54, 1.807) is 12.1 Å². The lowest BCUT2D eigenvalue weighted by Crippen LogP contribution is -2.15. The number of sulfonamides is 1. The van der Waals surface area contributed by atoms with Crippen LogP contribution in [0.15, 0.2) is 46.2 Å². The molecule has 2 rings (SSSR count). The van der Waals surface area contributed by atoms with Crippen LogP contribution in [0.5, 0.6) is 11.5 Å². The smallest absolute Gasteiger partial charge is 0.263 e. The fraction of sp³-hybridized carbons (Fsp3) is 0.154. The fourth-order valence-corrected chi connectivity index (χ4v) is 2.69. The van der Waals surface area contributed by atoms with Gasteiger partial charge < -0.3 is 14.5 Å². The Kier molecular flexibility index (Phi) is 4.18. The first-order valence-electron chi connectivity index (χ1n) is 5.90. The first-order valence-corrected chi connectivity index (χ1v) is 7.38. The largest absolute Gasteiger partial charge is 0.497 e. The summed E-state index contributed by atoms with van der Waals surface area (Å²) in [6, 6.07) is 7.09. The van der Waals surface area contributed by atoms with Crippen molar-refractivity contribution in [2.45, 2.75) is 4.90 Å². The van der Waals surface area contributed by atoms with E-state index in [2.05, 4.69) is 9.71 Å². The molecule has 21 heavy (non-hydrogen) atoms. The van der Waals surface area contributed by atoms with Crippen LogP contribution in [0.25, 0.3) is 0 Å². The SMILES string of the molecule is COc1ccc(OC)c(NS(=O)(=O)c2ccc(=O)[nH]c2)c1. The highest BCUT2D eigenvalue weighted by atomic mass is 32.2. The fourth-order valence-electron chi connectivity index (χ4n) is 1.66. The Morgan fingerprint density at radius 3 is 2.43 bits per heavy atom. The van der Waals surface area contributed by atoms with Crippen LogP contribution in [0.1, 0.15) is 0 Å². The summed E-state index contributed by atoms with van der Waals surface area (Å²) in [5, 5.41) is 0. The molecule has 0 spiro atoms. The zero-order valence-corrected chi connectivity index (χ0v) is 12.2. The quantitative estimate of drug-likeness (QED) is 0.864. The summed E-state index contributed by atoms with van der Waals surface area (Å²) in [5.41, 5.74) is -0.143. The first kappa shape index (κ1) is 14.9. The zero-order chi connectivity index (χ0) is 15.5. The van der Waals surface area contributed by atoms with E-state index in [1.165, 1.54) is 26.4 Å². The molecule has 0 radical (unpaired) electrons. The van der Waals surface area contributed by atoms with E-state index in [1.807, 2.05) is 0 Å². The molecule has 8 heteroatoms. The van der Waals surface area contributed by atoms with E-state index in [4.69, 9.17) is 9.47 Å². The predicted molar refractivity (Wildman–Crippen MR) is 77.4 cm³/mol. The van der Waals surface area contributed by atoms with Crippen molar-refractivity contribution in [2.24, 2.45) is 0 Å². The number of hydrogen-bond acceptors (Lipinski definition) is 5. The van der Waals surface area contributed by atoms with Crippen LogP contribution in [-0.4, -0.2) is 27.6 Å². The first-order chi connectivity index (χ1) is 9.96. The van der Waals surface area contributed by atoms with Crippen LogP contribution in [0.4, 0.5) is 5.69 Å². The van der Waals surface area contributed by atoms with E-state index < -0.39 is 10.0 Å². The molecule has 0 unspecified atom stereocenters. The minimum atomic E-state index is -3.84. The summed E-state index contributed by atoms with van der Waals surface area (Å²) in [6.45, 7) is 0. The van der Waals surface area contributed by atoms with Gasteiger partial charge in [0.15, 0.2) is 0 Å². The summed E-state index contributed by atoms with van der Waals surface area (Å²) in [5.74, 6) is 0.832.